The zero-order valence-corrected chi connectivity index (χ0v) is 12.7. The molecular formula is C16H23N3O2. The molecule has 0 radical (unpaired) electrons. The van der Waals surface area contributed by atoms with Gasteiger partial charge in [-0.05, 0) is 43.9 Å². The molecule has 0 fully saturated rings. The Kier molecular flexibility index (Phi) is 4.63. The second kappa shape index (κ2) is 6.26. The molecule has 1 aromatic rings. The highest BCUT2D eigenvalue weighted by atomic mass is 16.2. The number of nitrogens with one attached hydrogen (secondary N) is 2. The second-order valence-corrected chi connectivity index (χ2v) is 6.34. The first-order chi connectivity index (χ1) is 9.83. The Morgan fingerprint density at radius 1 is 1.43 bits per heavy atom. The van der Waals surface area contributed by atoms with Gasteiger partial charge in [0, 0.05) is 24.2 Å². The first-order valence-corrected chi connectivity index (χ1v) is 7.31. The summed E-state index contributed by atoms with van der Waals surface area (Å²) in [7, 11) is 0. The van der Waals surface area contributed by atoms with Gasteiger partial charge in [-0.3, -0.25) is 9.59 Å². The summed E-state index contributed by atoms with van der Waals surface area (Å²) in [6.45, 7) is 4.25. The third kappa shape index (κ3) is 4.86. The van der Waals surface area contributed by atoms with Crippen LogP contribution >= 0.6 is 0 Å². The van der Waals surface area contributed by atoms with Crippen molar-refractivity contribution in [3.63, 3.8) is 0 Å². The predicted molar refractivity (Wildman–Crippen MR) is 83.0 cm³/mol. The Bertz CT molecular complexity index is 547. The van der Waals surface area contributed by atoms with Crippen molar-refractivity contribution in [2.75, 3.05) is 11.9 Å². The molecule has 2 rings (SSSR count). The molecule has 114 valence electrons. The number of hydrogen-bond acceptors (Lipinski definition) is 3. The van der Waals surface area contributed by atoms with Crippen molar-refractivity contribution in [1.29, 1.82) is 0 Å². The van der Waals surface area contributed by atoms with Crippen LogP contribution in [-0.2, 0) is 22.4 Å². The summed E-state index contributed by atoms with van der Waals surface area (Å²) in [5, 5.41) is 5.65. The molecule has 0 saturated carbocycles. The van der Waals surface area contributed by atoms with Crippen LogP contribution in [0.2, 0.25) is 0 Å². The van der Waals surface area contributed by atoms with Gasteiger partial charge in [0.15, 0.2) is 0 Å². The van der Waals surface area contributed by atoms with Gasteiger partial charge in [0.1, 0.15) is 0 Å². The molecule has 0 spiro atoms. The molecule has 0 unspecified atom stereocenters. The number of anilines is 1. The van der Waals surface area contributed by atoms with Gasteiger partial charge in [0.2, 0.25) is 11.8 Å². The Hall–Kier alpha value is -1.88. The molecule has 1 aliphatic heterocycles. The number of carbonyl (C=O) groups excluding carboxylic acids is 2. The second-order valence-electron chi connectivity index (χ2n) is 6.34. The Morgan fingerprint density at radius 2 is 2.19 bits per heavy atom. The average molecular weight is 289 g/mol. The number of nitrogens with two attached hydrogens (primary N) is 1. The molecule has 0 saturated heterocycles. The van der Waals surface area contributed by atoms with E-state index in [1.807, 2.05) is 32.0 Å². The van der Waals surface area contributed by atoms with E-state index in [0.29, 0.717) is 19.4 Å². The summed E-state index contributed by atoms with van der Waals surface area (Å²) in [5.41, 5.74) is 8.56. The van der Waals surface area contributed by atoms with Crippen molar-refractivity contribution < 1.29 is 9.59 Å². The number of amides is 2. The van der Waals surface area contributed by atoms with Gasteiger partial charge in [-0.2, -0.15) is 0 Å². The van der Waals surface area contributed by atoms with E-state index >= 15 is 0 Å². The van der Waals surface area contributed by atoms with E-state index in [2.05, 4.69) is 10.6 Å². The molecule has 21 heavy (non-hydrogen) atoms. The van der Waals surface area contributed by atoms with Crippen LogP contribution in [0, 0.1) is 0 Å². The van der Waals surface area contributed by atoms with E-state index < -0.39 is 0 Å². The van der Waals surface area contributed by atoms with Gasteiger partial charge >= 0.3 is 0 Å². The third-order valence-corrected chi connectivity index (χ3v) is 3.41. The first-order valence-electron chi connectivity index (χ1n) is 7.31. The number of aryl methyl sites for hydroxylation is 1. The van der Waals surface area contributed by atoms with Gasteiger partial charge in [-0.15, -0.1) is 0 Å². The highest BCUT2D eigenvalue weighted by Crippen LogP contribution is 2.24. The van der Waals surface area contributed by atoms with Crippen LogP contribution in [0.3, 0.4) is 0 Å². The summed E-state index contributed by atoms with van der Waals surface area (Å²) in [6.07, 6.45) is 2.57. The quantitative estimate of drug-likeness (QED) is 0.739. The minimum atomic E-state index is -0.380. The smallest absolute Gasteiger partial charge is 0.228 e. The lowest BCUT2D eigenvalue weighted by atomic mass is 10.0. The van der Waals surface area contributed by atoms with Crippen LogP contribution in [0.1, 0.15) is 37.8 Å². The van der Waals surface area contributed by atoms with Crippen molar-refractivity contribution in [3.8, 4) is 0 Å². The number of carbonyl (C=O) groups is 2. The number of hydrogen-bond donors (Lipinski definition) is 3. The first kappa shape index (κ1) is 15.5. The van der Waals surface area contributed by atoms with Crippen LogP contribution in [0.25, 0.3) is 0 Å². The molecule has 1 aromatic carbocycles. The highest BCUT2D eigenvalue weighted by Gasteiger charge is 2.17. The lowest BCUT2D eigenvalue weighted by molar-refractivity contribution is -0.121. The predicted octanol–water partition coefficient (Wildman–Crippen LogP) is 1.36. The normalized spacial score (nSPS) is 13.8. The van der Waals surface area contributed by atoms with Crippen molar-refractivity contribution >= 4 is 17.5 Å². The Labute approximate surface area is 125 Å². The molecule has 1 heterocycles. The topological polar surface area (TPSA) is 84.2 Å². The monoisotopic (exact) mass is 289 g/mol. The number of benzene rings is 1. The van der Waals surface area contributed by atoms with E-state index in [-0.39, 0.29) is 17.4 Å². The SMILES string of the molecule is CC(C)(N)CNC(=O)CCCc1ccc2c(c1)CC(=O)N2. The third-order valence-electron chi connectivity index (χ3n) is 3.41. The summed E-state index contributed by atoms with van der Waals surface area (Å²) in [6, 6.07) is 5.99. The maximum absolute atomic E-state index is 11.7. The zero-order chi connectivity index (χ0) is 15.5. The van der Waals surface area contributed by atoms with Crippen molar-refractivity contribution in [1.82, 2.24) is 5.32 Å². The van der Waals surface area contributed by atoms with E-state index in [1.165, 1.54) is 0 Å². The zero-order valence-electron chi connectivity index (χ0n) is 12.7. The molecule has 0 atom stereocenters. The molecule has 5 heteroatoms. The van der Waals surface area contributed by atoms with E-state index in [0.717, 1.165) is 29.7 Å². The highest BCUT2D eigenvalue weighted by molar-refractivity contribution is 5.99. The molecule has 0 aliphatic carbocycles. The number of fused-ring (bicyclic) bond motifs is 1. The largest absolute Gasteiger partial charge is 0.354 e. The van der Waals surface area contributed by atoms with Gasteiger partial charge in [0.05, 0.1) is 6.42 Å². The minimum absolute atomic E-state index is 0.0338. The maximum atomic E-state index is 11.7. The Balaban J connectivity index is 1.75. The Morgan fingerprint density at radius 3 is 2.90 bits per heavy atom. The standard InChI is InChI=1S/C16H23N3O2/c1-16(2,17)10-18-14(20)5-3-4-11-6-7-13-12(8-11)9-15(21)19-13/h6-8H,3-5,9-10,17H2,1-2H3,(H,18,20)(H,19,21). The van der Waals surface area contributed by atoms with Crippen LogP contribution in [0.4, 0.5) is 5.69 Å². The van der Waals surface area contributed by atoms with Gasteiger partial charge in [-0.25, -0.2) is 0 Å². The summed E-state index contributed by atoms with van der Waals surface area (Å²) >= 11 is 0. The summed E-state index contributed by atoms with van der Waals surface area (Å²) < 4.78 is 0. The molecule has 0 bridgehead atoms. The van der Waals surface area contributed by atoms with Gasteiger partial charge in [-0.1, -0.05) is 12.1 Å². The molecule has 0 aromatic heterocycles. The minimum Gasteiger partial charge on any atom is -0.354 e. The molecule has 1 aliphatic rings. The fourth-order valence-electron chi connectivity index (χ4n) is 2.31. The van der Waals surface area contributed by atoms with Gasteiger partial charge < -0.3 is 16.4 Å². The molecule has 2 amide bonds. The lowest BCUT2D eigenvalue weighted by Crippen LogP contribution is -2.45. The molecule has 5 nitrogen and oxygen atoms in total. The fraction of sp³-hybridized carbons (Fsp3) is 0.500. The molecular weight excluding hydrogens is 266 g/mol. The van der Waals surface area contributed by atoms with E-state index in [4.69, 9.17) is 5.73 Å². The average Bonchev–Trinajstić information content (AvgIpc) is 2.75. The van der Waals surface area contributed by atoms with Gasteiger partial charge in [0.25, 0.3) is 0 Å². The van der Waals surface area contributed by atoms with Crippen molar-refractivity contribution in [3.05, 3.63) is 29.3 Å². The van der Waals surface area contributed by atoms with Crippen molar-refractivity contribution in [2.24, 2.45) is 5.73 Å². The van der Waals surface area contributed by atoms with E-state index in [9.17, 15) is 9.59 Å². The summed E-state index contributed by atoms with van der Waals surface area (Å²) in [5.74, 6) is 0.0810. The summed E-state index contributed by atoms with van der Waals surface area (Å²) in [4.78, 5) is 23.0. The fourth-order valence-corrected chi connectivity index (χ4v) is 2.31. The molecule has 4 N–H and O–H groups in total. The van der Waals surface area contributed by atoms with Crippen LogP contribution in [0.5, 0.6) is 0 Å². The van der Waals surface area contributed by atoms with Crippen molar-refractivity contribution in [2.45, 2.75) is 45.1 Å². The maximum Gasteiger partial charge on any atom is 0.228 e. The van der Waals surface area contributed by atoms with Crippen LogP contribution < -0.4 is 16.4 Å². The van der Waals surface area contributed by atoms with E-state index in [1.54, 1.807) is 0 Å². The lowest BCUT2D eigenvalue weighted by Gasteiger charge is -2.18. The van der Waals surface area contributed by atoms with Crippen LogP contribution in [0.15, 0.2) is 18.2 Å². The number of rotatable bonds is 6. The van der Waals surface area contributed by atoms with Crippen LogP contribution in [-0.4, -0.2) is 23.9 Å².